The SMILES string of the molecule is CCN(CC)c1n[nH]c(C2(N)CC2)n1. The number of rotatable bonds is 4. The molecule has 1 saturated carbocycles. The number of anilines is 1. The zero-order valence-electron chi connectivity index (χ0n) is 8.75. The van der Waals surface area contributed by atoms with Crippen molar-refractivity contribution in [2.24, 2.45) is 5.73 Å². The summed E-state index contributed by atoms with van der Waals surface area (Å²) in [5, 5.41) is 7.10. The van der Waals surface area contributed by atoms with Crippen molar-refractivity contribution in [3.05, 3.63) is 5.82 Å². The first-order valence-corrected chi connectivity index (χ1v) is 5.16. The van der Waals surface area contributed by atoms with E-state index in [1.165, 1.54) is 0 Å². The van der Waals surface area contributed by atoms with Crippen LogP contribution in [0.1, 0.15) is 32.5 Å². The molecular weight excluding hydrogens is 178 g/mol. The van der Waals surface area contributed by atoms with E-state index in [4.69, 9.17) is 5.73 Å². The molecule has 1 fully saturated rings. The maximum atomic E-state index is 6.01. The van der Waals surface area contributed by atoms with E-state index in [0.717, 1.165) is 37.7 Å². The van der Waals surface area contributed by atoms with Crippen LogP contribution in [0.5, 0.6) is 0 Å². The summed E-state index contributed by atoms with van der Waals surface area (Å²) in [5.41, 5.74) is 5.80. The van der Waals surface area contributed by atoms with Gasteiger partial charge in [-0.15, -0.1) is 5.10 Å². The summed E-state index contributed by atoms with van der Waals surface area (Å²) in [7, 11) is 0. The molecule has 5 heteroatoms. The van der Waals surface area contributed by atoms with Gasteiger partial charge >= 0.3 is 0 Å². The fraction of sp³-hybridized carbons (Fsp3) is 0.778. The molecule has 0 amide bonds. The van der Waals surface area contributed by atoms with Crippen molar-refractivity contribution >= 4 is 5.95 Å². The Kier molecular flexibility index (Phi) is 2.19. The third kappa shape index (κ3) is 1.48. The van der Waals surface area contributed by atoms with Crippen LogP contribution in [0.25, 0.3) is 0 Å². The minimum Gasteiger partial charge on any atom is -0.340 e. The van der Waals surface area contributed by atoms with Crippen molar-refractivity contribution in [1.29, 1.82) is 0 Å². The first kappa shape index (κ1) is 9.45. The second kappa shape index (κ2) is 3.24. The van der Waals surface area contributed by atoms with Gasteiger partial charge in [-0.1, -0.05) is 0 Å². The molecule has 78 valence electrons. The van der Waals surface area contributed by atoms with E-state index in [1.807, 2.05) is 0 Å². The number of nitrogens with one attached hydrogen (secondary N) is 1. The predicted molar refractivity (Wildman–Crippen MR) is 55.0 cm³/mol. The molecule has 14 heavy (non-hydrogen) atoms. The summed E-state index contributed by atoms with van der Waals surface area (Å²) >= 11 is 0. The highest BCUT2D eigenvalue weighted by Crippen LogP contribution is 2.40. The third-order valence-electron chi connectivity index (χ3n) is 2.78. The van der Waals surface area contributed by atoms with Crippen molar-refractivity contribution in [1.82, 2.24) is 15.2 Å². The smallest absolute Gasteiger partial charge is 0.244 e. The average molecular weight is 195 g/mol. The van der Waals surface area contributed by atoms with Gasteiger partial charge in [0.15, 0.2) is 0 Å². The van der Waals surface area contributed by atoms with Crippen molar-refractivity contribution < 1.29 is 0 Å². The van der Waals surface area contributed by atoms with E-state index < -0.39 is 0 Å². The quantitative estimate of drug-likeness (QED) is 0.738. The average Bonchev–Trinajstić information content (AvgIpc) is 2.76. The van der Waals surface area contributed by atoms with Crippen molar-refractivity contribution in [2.45, 2.75) is 32.2 Å². The lowest BCUT2D eigenvalue weighted by Crippen LogP contribution is -2.24. The monoisotopic (exact) mass is 195 g/mol. The van der Waals surface area contributed by atoms with E-state index in [-0.39, 0.29) is 5.54 Å². The van der Waals surface area contributed by atoms with E-state index in [9.17, 15) is 0 Å². The van der Waals surface area contributed by atoms with Gasteiger partial charge in [0.1, 0.15) is 5.82 Å². The molecule has 2 rings (SSSR count). The molecule has 3 N–H and O–H groups in total. The van der Waals surface area contributed by atoms with Crippen LogP contribution < -0.4 is 10.6 Å². The van der Waals surface area contributed by atoms with Crippen molar-refractivity contribution in [3.63, 3.8) is 0 Å². The van der Waals surface area contributed by atoms with Crippen LogP contribution in [0.4, 0.5) is 5.95 Å². The molecule has 1 aliphatic carbocycles. The van der Waals surface area contributed by atoms with Gasteiger partial charge in [-0.2, -0.15) is 4.98 Å². The molecule has 1 aliphatic rings. The summed E-state index contributed by atoms with van der Waals surface area (Å²) in [6.45, 7) is 6.03. The van der Waals surface area contributed by atoms with Gasteiger partial charge in [0.2, 0.25) is 5.95 Å². The van der Waals surface area contributed by atoms with Gasteiger partial charge in [0.25, 0.3) is 0 Å². The molecule has 0 bridgehead atoms. The Hall–Kier alpha value is -1.10. The number of H-pyrrole nitrogens is 1. The van der Waals surface area contributed by atoms with Crippen LogP contribution in [0.2, 0.25) is 0 Å². The number of nitrogens with zero attached hydrogens (tertiary/aromatic N) is 3. The summed E-state index contributed by atoms with van der Waals surface area (Å²) in [5.74, 6) is 1.60. The van der Waals surface area contributed by atoms with Crippen LogP contribution in [-0.4, -0.2) is 28.3 Å². The molecule has 1 aromatic heterocycles. The maximum Gasteiger partial charge on any atom is 0.244 e. The summed E-state index contributed by atoms with van der Waals surface area (Å²) in [6, 6.07) is 0. The van der Waals surface area contributed by atoms with Gasteiger partial charge < -0.3 is 10.6 Å². The van der Waals surface area contributed by atoms with E-state index in [0.29, 0.717) is 0 Å². The van der Waals surface area contributed by atoms with Crippen LogP contribution >= 0.6 is 0 Å². The Morgan fingerprint density at radius 1 is 1.43 bits per heavy atom. The zero-order chi connectivity index (χ0) is 10.2. The first-order valence-electron chi connectivity index (χ1n) is 5.16. The van der Waals surface area contributed by atoms with Crippen LogP contribution in [0, 0.1) is 0 Å². The second-order valence-corrected chi connectivity index (χ2v) is 3.81. The van der Waals surface area contributed by atoms with Crippen LogP contribution in [0.15, 0.2) is 0 Å². The van der Waals surface area contributed by atoms with E-state index >= 15 is 0 Å². The standard InChI is InChI=1S/C9H17N5/c1-3-14(4-2)8-11-7(12-13-8)9(10)5-6-9/h3-6,10H2,1-2H3,(H,11,12,13). The highest BCUT2D eigenvalue weighted by molar-refractivity contribution is 5.30. The number of aromatic amines is 1. The highest BCUT2D eigenvalue weighted by Gasteiger charge is 2.43. The van der Waals surface area contributed by atoms with E-state index in [1.54, 1.807) is 0 Å². The minimum atomic E-state index is -0.210. The molecule has 0 atom stereocenters. The summed E-state index contributed by atoms with van der Waals surface area (Å²) in [4.78, 5) is 6.52. The number of hydrogen-bond donors (Lipinski definition) is 2. The lowest BCUT2D eigenvalue weighted by molar-refractivity contribution is 0.676. The molecule has 1 aromatic rings. The molecule has 0 aliphatic heterocycles. The molecule has 1 heterocycles. The topological polar surface area (TPSA) is 70.8 Å². The third-order valence-corrected chi connectivity index (χ3v) is 2.78. The Morgan fingerprint density at radius 3 is 2.57 bits per heavy atom. The molecule has 0 spiro atoms. The van der Waals surface area contributed by atoms with Gasteiger partial charge in [-0.25, -0.2) is 0 Å². The Bertz CT molecular complexity index is 311. The summed E-state index contributed by atoms with van der Waals surface area (Å²) < 4.78 is 0. The van der Waals surface area contributed by atoms with Gasteiger partial charge in [0.05, 0.1) is 5.54 Å². The van der Waals surface area contributed by atoms with Crippen molar-refractivity contribution in [3.8, 4) is 0 Å². The normalized spacial score (nSPS) is 18.2. The second-order valence-electron chi connectivity index (χ2n) is 3.81. The van der Waals surface area contributed by atoms with Gasteiger partial charge in [-0.05, 0) is 26.7 Å². The van der Waals surface area contributed by atoms with Crippen molar-refractivity contribution in [2.75, 3.05) is 18.0 Å². The minimum absolute atomic E-state index is 0.210. The van der Waals surface area contributed by atoms with Crippen LogP contribution in [-0.2, 0) is 5.54 Å². The summed E-state index contributed by atoms with van der Waals surface area (Å²) in [6.07, 6.45) is 2.03. The molecular formula is C9H17N5. The lowest BCUT2D eigenvalue weighted by Gasteiger charge is -2.15. The fourth-order valence-electron chi connectivity index (χ4n) is 1.49. The maximum absolute atomic E-state index is 6.01. The first-order chi connectivity index (χ1) is 6.69. The highest BCUT2D eigenvalue weighted by atomic mass is 15.4. The Labute approximate surface area is 83.7 Å². The number of aromatic nitrogens is 3. The van der Waals surface area contributed by atoms with Crippen LogP contribution in [0.3, 0.4) is 0 Å². The Balaban J connectivity index is 2.16. The molecule has 0 radical (unpaired) electrons. The fourth-order valence-corrected chi connectivity index (χ4v) is 1.49. The lowest BCUT2D eigenvalue weighted by atomic mass is 10.3. The number of hydrogen-bond acceptors (Lipinski definition) is 4. The molecule has 0 unspecified atom stereocenters. The largest absolute Gasteiger partial charge is 0.340 e. The zero-order valence-corrected chi connectivity index (χ0v) is 8.75. The Morgan fingerprint density at radius 2 is 2.07 bits per heavy atom. The van der Waals surface area contributed by atoms with Gasteiger partial charge in [-0.3, -0.25) is 5.10 Å². The predicted octanol–water partition coefficient (Wildman–Crippen LogP) is 0.599. The van der Waals surface area contributed by atoms with Gasteiger partial charge in [0, 0.05) is 13.1 Å². The number of nitrogens with two attached hydrogens (primary N) is 1. The molecule has 0 saturated heterocycles. The molecule has 5 nitrogen and oxygen atoms in total. The molecule has 0 aromatic carbocycles. The van der Waals surface area contributed by atoms with E-state index in [2.05, 4.69) is 33.9 Å².